The Bertz CT molecular complexity index is 368. The van der Waals surface area contributed by atoms with Crippen LogP contribution in [0.3, 0.4) is 0 Å². The maximum Gasteiger partial charge on any atom is 0.223 e. The molecule has 0 spiro atoms. The minimum Gasteiger partial charge on any atom is -0.351 e. The van der Waals surface area contributed by atoms with Crippen molar-refractivity contribution in [2.24, 2.45) is 5.41 Å². The molecule has 0 aliphatic heterocycles. The van der Waals surface area contributed by atoms with E-state index >= 15 is 0 Å². The summed E-state index contributed by atoms with van der Waals surface area (Å²) < 4.78 is 0.960. The monoisotopic (exact) mass is 269 g/mol. The van der Waals surface area contributed by atoms with Crippen molar-refractivity contribution >= 4 is 21.9 Å². The fourth-order valence-corrected chi connectivity index (χ4v) is 2.27. The molecule has 4 heteroatoms. The second-order valence-electron chi connectivity index (χ2n) is 5.04. The number of halogens is 1. The predicted molar refractivity (Wildman–Crippen MR) is 64.9 cm³/mol. The van der Waals surface area contributed by atoms with Gasteiger partial charge < -0.3 is 5.32 Å². The lowest BCUT2D eigenvalue weighted by Crippen LogP contribution is -2.41. The van der Waals surface area contributed by atoms with E-state index in [4.69, 9.17) is 0 Å². The third-order valence-corrected chi connectivity index (χ3v) is 3.63. The Hall–Kier alpha value is -0.640. The number of hydrogen-bond donors (Lipinski definition) is 1. The molecule has 0 bridgehead atoms. The van der Waals surface area contributed by atoms with Gasteiger partial charge >= 0.3 is 0 Å². The van der Waals surface area contributed by atoms with Crippen molar-refractivity contribution in [1.82, 2.24) is 9.97 Å². The van der Waals surface area contributed by atoms with Gasteiger partial charge in [-0.15, -0.1) is 0 Å². The molecule has 0 amide bonds. The van der Waals surface area contributed by atoms with Crippen molar-refractivity contribution in [1.29, 1.82) is 0 Å². The van der Waals surface area contributed by atoms with E-state index in [9.17, 15) is 0 Å². The van der Waals surface area contributed by atoms with Gasteiger partial charge in [-0.2, -0.15) is 0 Å². The third-order valence-electron chi connectivity index (χ3n) is 2.85. The lowest BCUT2D eigenvalue weighted by atomic mass is 9.68. The number of rotatable bonds is 2. The zero-order valence-corrected chi connectivity index (χ0v) is 10.9. The molecule has 3 nitrogen and oxygen atoms in total. The van der Waals surface area contributed by atoms with Crippen molar-refractivity contribution < 1.29 is 0 Å². The number of nitrogens with one attached hydrogen (secondary N) is 1. The molecule has 15 heavy (non-hydrogen) atoms. The highest BCUT2D eigenvalue weighted by Gasteiger charge is 2.36. The molecule has 0 atom stereocenters. The van der Waals surface area contributed by atoms with E-state index in [0.717, 1.165) is 16.1 Å². The van der Waals surface area contributed by atoms with Crippen molar-refractivity contribution in [3.05, 3.63) is 16.4 Å². The lowest BCUT2D eigenvalue weighted by Gasteiger charge is -2.42. The van der Waals surface area contributed by atoms with Crippen LogP contribution in [0.15, 0.2) is 10.7 Å². The molecule has 1 aromatic heterocycles. The van der Waals surface area contributed by atoms with E-state index in [1.165, 1.54) is 12.8 Å². The molecule has 1 N–H and O–H groups in total. The second-order valence-corrected chi connectivity index (χ2v) is 5.90. The molecule has 0 aromatic carbocycles. The van der Waals surface area contributed by atoms with Gasteiger partial charge in [-0.1, -0.05) is 13.8 Å². The molecule has 2 rings (SSSR count). The quantitative estimate of drug-likeness (QED) is 0.897. The summed E-state index contributed by atoms with van der Waals surface area (Å²) >= 11 is 3.39. The average Bonchev–Trinajstić information content (AvgIpc) is 2.08. The lowest BCUT2D eigenvalue weighted by molar-refractivity contribution is 0.167. The van der Waals surface area contributed by atoms with Crippen LogP contribution in [0.2, 0.25) is 0 Å². The van der Waals surface area contributed by atoms with Crippen LogP contribution in [0.5, 0.6) is 0 Å². The first-order valence-corrected chi connectivity index (χ1v) is 6.01. The van der Waals surface area contributed by atoms with E-state index in [1.54, 1.807) is 6.20 Å². The van der Waals surface area contributed by atoms with Crippen LogP contribution < -0.4 is 5.32 Å². The van der Waals surface area contributed by atoms with E-state index in [1.807, 2.05) is 6.92 Å². The molecular formula is C11H16BrN3. The van der Waals surface area contributed by atoms with Gasteiger partial charge in [0.2, 0.25) is 5.95 Å². The number of anilines is 1. The summed E-state index contributed by atoms with van der Waals surface area (Å²) in [5, 5.41) is 3.36. The van der Waals surface area contributed by atoms with Gasteiger partial charge in [0.05, 0.1) is 10.2 Å². The van der Waals surface area contributed by atoms with Crippen molar-refractivity contribution in [3.8, 4) is 0 Å². The Balaban J connectivity index is 1.98. The molecule has 1 saturated carbocycles. The molecular weight excluding hydrogens is 254 g/mol. The smallest absolute Gasteiger partial charge is 0.223 e. The fraction of sp³-hybridized carbons (Fsp3) is 0.636. The highest BCUT2D eigenvalue weighted by molar-refractivity contribution is 9.10. The molecule has 1 heterocycles. The van der Waals surface area contributed by atoms with Crippen LogP contribution in [-0.2, 0) is 0 Å². The van der Waals surface area contributed by atoms with Crippen LogP contribution in [0.1, 0.15) is 32.4 Å². The normalized spacial score (nSPS) is 19.7. The van der Waals surface area contributed by atoms with E-state index in [-0.39, 0.29) is 0 Å². The third kappa shape index (κ3) is 2.48. The minimum absolute atomic E-state index is 0.488. The van der Waals surface area contributed by atoms with Crippen molar-refractivity contribution in [2.45, 2.75) is 39.7 Å². The molecule has 1 aromatic rings. The SMILES string of the molecule is Cc1nc(NC2CC(C)(C)C2)ncc1Br. The van der Waals surface area contributed by atoms with E-state index in [2.05, 4.69) is 45.1 Å². The topological polar surface area (TPSA) is 37.8 Å². The Morgan fingerprint density at radius 3 is 2.67 bits per heavy atom. The summed E-state index contributed by atoms with van der Waals surface area (Å²) in [6.45, 7) is 6.55. The van der Waals surface area contributed by atoms with Crippen LogP contribution in [0.4, 0.5) is 5.95 Å². The van der Waals surface area contributed by atoms with Gasteiger partial charge in [-0.05, 0) is 41.1 Å². The maximum absolute atomic E-state index is 4.37. The van der Waals surface area contributed by atoms with Gasteiger partial charge in [0, 0.05) is 12.2 Å². The largest absolute Gasteiger partial charge is 0.351 e. The molecule has 0 unspecified atom stereocenters. The van der Waals surface area contributed by atoms with Gasteiger partial charge in [0.1, 0.15) is 0 Å². The zero-order chi connectivity index (χ0) is 11.1. The molecule has 1 aliphatic carbocycles. The zero-order valence-electron chi connectivity index (χ0n) is 9.34. The number of nitrogens with zero attached hydrogens (tertiary/aromatic N) is 2. The van der Waals surface area contributed by atoms with Crippen molar-refractivity contribution in [2.75, 3.05) is 5.32 Å². The Labute approximate surface area is 98.8 Å². The first kappa shape index (κ1) is 10.9. The first-order valence-electron chi connectivity index (χ1n) is 5.22. The first-order chi connectivity index (χ1) is 6.96. The maximum atomic E-state index is 4.37. The van der Waals surface area contributed by atoms with Crippen LogP contribution >= 0.6 is 15.9 Å². The Morgan fingerprint density at radius 1 is 1.47 bits per heavy atom. The van der Waals surface area contributed by atoms with E-state index < -0.39 is 0 Å². The number of hydrogen-bond acceptors (Lipinski definition) is 3. The molecule has 0 radical (unpaired) electrons. The van der Waals surface area contributed by atoms with Gasteiger partial charge in [-0.25, -0.2) is 9.97 Å². The van der Waals surface area contributed by atoms with Gasteiger partial charge in [0.15, 0.2) is 0 Å². The van der Waals surface area contributed by atoms with Crippen molar-refractivity contribution in [3.63, 3.8) is 0 Å². The molecule has 1 fully saturated rings. The average molecular weight is 270 g/mol. The highest BCUT2D eigenvalue weighted by Crippen LogP contribution is 2.40. The second kappa shape index (κ2) is 3.74. The minimum atomic E-state index is 0.488. The summed E-state index contributed by atoms with van der Waals surface area (Å²) in [7, 11) is 0. The standard InChI is InChI=1S/C11H16BrN3/c1-7-9(12)6-13-10(14-7)15-8-4-11(2,3)5-8/h6,8H,4-5H2,1-3H3,(H,13,14,15). The summed E-state index contributed by atoms with van der Waals surface area (Å²) in [5.74, 6) is 0.746. The highest BCUT2D eigenvalue weighted by atomic mass is 79.9. The van der Waals surface area contributed by atoms with Crippen LogP contribution in [-0.4, -0.2) is 16.0 Å². The number of aromatic nitrogens is 2. The number of aryl methyl sites for hydroxylation is 1. The van der Waals surface area contributed by atoms with Crippen LogP contribution in [0, 0.1) is 12.3 Å². The molecule has 0 saturated heterocycles. The van der Waals surface area contributed by atoms with Gasteiger partial charge in [0.25, 0.3) is 0 Å². The summed E-state index contributed by atoms with van der Waals surface area (Å²) in [4.78, 5) is 8.61. The predicted octanol–water partition coefficient (Wildman–Crippen LogP) is 3.15. The summed E-state index contributed by atoms with van der Waals surface area (Å²) in [6, 6.07) is 0.542. The van der Waals surface area contributed by atoms with E-state index in [0.29, 0.717) is 11.5 Å². The van der Waals surface area contributed by atoms with Gasteiger partial charge in [-0.3, -0.25) is 0 Å². The molecule has 82 valence electrons. The fourth-order valence-electron chi connectivity index (χ4n) is 2.08. The summed E-state index contributed by atoms with van der Waals surface area (Å²) in [6.07, 6.45) is 4.20. The molecule has 1 aliphatic rings. The summed E-state index contributed by atoms with van der Waals surface area (Å²) in [5.41, 5.74) is 1.47. The van der Waals surface area contributed by atoms with Crippen LogP contribution in [0.25, 0.3) is 0 Å². The Morgan fingerprint density at radius 2 is 2.13 bits per heavy atom. The Kier molecular flexibility index (Phi) is 2.71.